The minimum atomic E-state index is -3.46. The van der Waals surface area contributed by atoms with Gasteiger partial charge in [0, 0.05) is 18.2 Å². The number of H-pyrrole nitrogens is 1. The van der Waals surface area contributed by atoms with Crippen molar-refractivity contribution < 1.29 is 13.2 Å². The molecule has 2 N–H and O–H groups in total. The summed E-state index contributed by atoms with van der Waals surface area (Å²) in [5.74, 6) is 0.581. The highest BCUT2D eigenvalue weighted by Crippen LogP contribution is 2.18. The first kappa shape index (κ1) is 19.1. The van der Waals surface area contributed by atoms with Crippen LogP contribution in [0, 0.1) is 6.92 Å². The van der Waals surface area contributed by atoms with Gasteiger partial charge in [0.1, 0.15) is 5.75 Å². The van der Waals surface area contributed by atoms with E-state index in [0.717, 1.165) is 16.5 Å². The van der Waals surface area contributed by atoms with Gasteiger partial charge in [0.15, 0.2) is 0 Å². The summed E-state index contributed by atoms with van der Waals surface area (Å²) in [6.45, 7) is 2.09. The van der Waals surface area contributed by atoms with Crippen molar-refractivity contribution in [3.8, 4) is 5.75 Å². The lowest BCUT2D eigenvalue weighted by molar-refractivity contribution is 0.415. The zero-order valence-corrected chi connectivity index (χ0v) is 16.1. The van der Waals surface area contributed by atoms with Gasteiger partial charge < -0.3 is 9.72 Å². The number of aryl methyl sites for hydroxylation is 1. The standard InChI is InChI=1S/C20H22N2O4S/c1-14-4-3-5-15(10-14)13-27(24,25)21-9-8-17-11-16-6-7-18(26-2)12-19(16)22-20(17)23/h3-7,10-12,21H,8-9,13H2,1-2H3,(H,22,23). The molecule has 1 heterocycles. The van der Waals surface area contributed by atoms with Crippen molar-refractivity contribution >= 4 is 20.9 Å². The van der Waals surface area contributed by atoms with E-state index in [4.69, 9.17) is 4.74 Å². The fourth-order valence-electron chi connectivity index (χ4n) is 2.95. The van der Waals surface area contributed by atoms with Crippen molar-refractivity contribution in [2.24, 2.45) is 0 Å². The molecular formula is C20H22N2O4S. The molecule has 2 aromatic carbocycles. The van der Waals surface area contributed by atoms with E-state index in [-0.39, 0.29) is 17.9 Å². The first-order valence-electron chi connectivity index (χ1n) is 8.59. The predicted molar refractivity (Wildman–Crippen MR) is 107 cm³/mol. The van der Waals surface area contributed by atoms with Crippen LogP contribution in [0.15, 0.2) is 53.3 Å². The van der Waals surface area contributed by atoms with Crippen LogP contribution in [-0.2, 0) is 22.2 Å². The number of sulfonamides is 1. The van der Waals surface area contributed by atoms with Crippen LogP contribution in [0.3, 0.4) is 0 Å². The average molecular weight is 386 g/mol. The maximum atomic E-state index is 12.3. The Bertz CT molecular complexity index is 1120. The van der Waals surface area contributed by atoms with Crippen molar-refractivity contribution in [3.05, 3.63) is 75.6 Å². The summed E-state index contributed by atoms with van der Waals surface area (Å²) in [5, 5.41) is 0.869. The van der Waals surface area contributed by atoms with Gasteiger partial charge in [0.2, 0.25) is 10.0 Å². The molecule has 6 nitrogen and oxygen atoms in total. The number of hydrogen-bond acceptors (Lipinski definition) is 4. The van der Waals surface area contributed by atoms with Gasteiger partial charge >= 0.3 is 0 Å². The van der Waals surface area contributed by atoms with Gasteiger partial charge in [-0.2, -0.15) is 0 Å². The molecule has 0 saturated heterocycles. The quantitative estimate of drug-likeness (QED) is 0.653. The van der Waals surface area contributed by atoms with E-state index >= 15 is 0 Å². The molecular weight excluding hydrogens is 364 g/mol. The molecule has 142 valence electrons. The summed E-state index contributed by atoms with van der Waals surface area (Å²) < 4.78 is 32.2. The molecule has 0 aliphatic heterocycles. The van der Waals surface area contributed by atoms with Gasteiger partial charge in [-0.1, -0.05) is 29.8 Å². The van der Waals surface area contributed by atoms with Crippen molar-refractivity contribution in [2.75, 3.05) is 13.7 Å². The van der Waals surface area contributed by atoms with E-state index in [1.54, 1.807) is 25.3 Å². The van der Waals surface area contributed by atoms with E-state index in [1.165, 1.54) is 0 Å². The molecule has 0 spiro atoms. The third kappa shape index (κ3) is 4.96. The third-order valence-electron chi connectivity index (χ3n) is 4.29. The number of pyridine rings is 1. The van der Waals surface area contributed by atoms with Gasteiger partial charge in [0.25, 0.3) is 5.56 Å². The van der Waals surface area contributed by atoms with Gasteiger partial charge in [-0.15, -0.1) is 0 Å². The normalized spacial score (nSPS) is 11.6. The lowest BCUT2D eigenvalue weighted by Gasteiger charge is -2.08. The van der Waals surface area contributed by atoms with Crippen LogP contribution in [0.2, 0.25) is 0 Å². The van der Waals surface area contributed by atoms with Crippen molar-refractivity contribution in [1.29, 1.82) is 0 Å². The number of methoxy groups -OCH3 is 1. The Balaban J connectivity index is 1.67. The highest BCUT2D eigenvalue weighted by atomic mass is 32.2. The molecule has 0 amide bonds. The van der Waals surface area contributed by atoms with E-state index in [9.17, 15) is 13.2 Å². The zero-order chi connectivity index (χ0) is 19.4. The number of aromatic nitrogens is 1. The molecule has 0 aliphatic carbocycles. The molecule has 0 atom stereocenters. The fourth-order valence-corrected chi connectivity index (χ4v) is 4.09. The summed E-state index contributed by atoms with van der Waals surface area (Å²) in [6, 6.07) is 14.6. The largest absolute Gasteiger partial charge is 0.497 e. The van der Waals surface area contributed by atoms with Gasteiger partial charge in [0.05, 0.1) is 18.4 Å². The number of aromatic amines is 1. The molecule has 0 unspecified atom stereocenters. The Morgan fingerprint density at radius 1 is 1.11 bits per heavy atom. The van der Waals surface area contributed by atoms with Crippen LogP contribution in [0.5, 0.6) is 5.75 Å². The average Bonchev–Trinajstić information content (AvgIpc) is 2.61. The van der Waals surface area contributed by atoms with E-state index in [0.29, 0.717) is 23.3 Å². The second-order valence-electron chi connectivity index (χ2n) is 6.47. The first-order valence-corrected chi connectivity index (χ1v) is 10.2. The summed E-state index contributed by atoms with van der Waals surface area (Å²) >= 11 is 0. The van der Waals surface area contributed by atoms with Gasteiger partial charge in [-0.05, 0) is 42.5 Å². The molecule has 27 heavy (non-hydrogen) atoms. The van der Waals surface area contributed by atoms with Crippen LogP contribution >= 0.6 is 0 Å². The Labute approximate surface area is 158 Å². The number of ether oxygens (including phenoxy) is 1. The molecule has 0 fully saturated rings. The van der Waals surface area contributed by atoms with Gasteiger partial charge in [-0.25, -0.2) is 13.1 Å². The lowest BCUT2D eigenvalue weighted by atomic mass is 10.1. The van der Waals surface area contributed by atoms with Crippen molar-refractivity contribution in [2.45, 2.75) is 19.1 Å². The van der Waals surface area contributed by atoms with E-state index < -0.39 is 10.0 Å². The molecule has 3 rings (SSSR count). The Morgan fingerprint density at radius 2 is 1.93 bits per heavy atom. The third-order valence-corrected chi connectivity index (χ3v) is 5.64. The lowest BCUT2D eigenvalue weighted by Crippen LogP contribution is -2.28. The molecule has 0 saturated carbocycles. The van der Waals surface area contributed by atoms with Crippen LogP contribution in [0.25, 0.3) is 10.9 Å². The van der Waals surface area contributed by atoms with Crippen LogP contribution < -0.4 is 15.0 Å². The molecule has 7 heteroatoms. The Hall–Kier alpha value is -2.64. The van der Waals surface area contributed by atoms with E-state index in [1.807, 2.05) is 37.3 Å². The van der Waals surface area contributed by atoms with Gasteiger partial charge in [-0.3, -0.25) is 4.79 Å². The van der Waals surface area contributed by atoms with E-state index in [2.05, 4.69) is 9.71 Å². The summed E-state index contributed by atoms with van der Waals surface area (Å²) in [5.41, 5.74) is 2.74. The number of rotatable bonds is 7. The first-order chi connectivity index (χ1) is 12.9. The SMILES string of the molecule is COc1ccc2cc(CCNS(=O)(=O)Cc3cccc(C)c3)c(=O)[nH]c2c1. The van der Waals surface area contributed by atoms with Crippen molar-refractivity contribution in [3.63, 3.8) is 0 Å². The Kier molecular flexibility index (Phi) is 5.62. The minimum Gasteiger partial charge on any atom is -0.497 e. The maximum Gasteiger partial charge on any atom is 0.251 e. The topological polar surface area (TPSA) is 88.3 Å². The summed E-state index contributed by atoms with van der Waals surface area (Å²) in [7, 11) is -1.90. The molecule has 3 aromatic rings. The van der Waals surface area contributed by atoms with Crippen molar-refractivity contribution in [1.82, 2.24) is 9.71 Å². The monoisotopic (exact) mass is 386 g/mol. The number of fused-ring (bicyclic) bond motifs is 1. The maximum absolute atomic E-state index is 12.3. The second-order valence-corrected chi connectivity index (χ2v) is 8.28. The number of nitrogens with one attached hydrogen (secondary N) is 2. The smallest absolute Gasteiger partial charge is 0.251 e. The highest BCUT2D eigenvalue weighted by molar-refractivity contribution is 7.88. The van der Waals surface area contributed by atoms with Crippen LogP contribution in [0.4, 0.5) is 0 Å². The fraction of sp³-hybridized carbons (Fsp3) is 0.250. The summed E-state index contributed by atoms with van der Waals surface area (Å²) in [4.78, 5) is 15.1. The number of hydrogen-bond donors (Lipinski definition) is 2. The van der Waals surface area contributed by atoms with Crippen LogP contribution in [-0.4, -0.2) is 27.1 Å². The Morgan fingerprint density at radius 3 is 2.67 bits per heavy atom. The second kappa shape index (κ2) is 7.94. The molecule has 0 aliphatic rings. The minimum absolute atomic E-state index is 0.0808. The highest BCUT2D eigenvalue weighted by Gasteiger charge is 2.12. The molecule has 0 bridgehead atoms. The van der Waals surface area contributed by atoms with Crippen LogP contribution in [0.1, 0.15) is 16.7 Å². The predicted octanol–water partition coefficient (Wildman–Crippen LogP) is 2.51. The molecule has 1 aromatic heterocycles. The summed E-state index contributed by atoms with van der Waals surface area (Å²) in [6.07, 6.45) is 0.310. The number of benzene rings is 2. The zero-order valence-electron chi connectivity index (χ0n) is 15.3. The molecule has 0 radical (unpaired) electrons.